The molecule has 1 aromatic carbocycles. The number of nitrogens with zero attached hydrogens (tertiary/aromatic N) is 3. The summed E-state index contributed by atoms with van der Waals surface area (Å²) in [6, 6.07) is 5.80. The summed E-state index contributed by atoms with van der Waals surface area (Å²) in [6.45, 7) is 9.03. The number of hydrogen-bond donors (Lipinski definition) is 0. The van der Waals surface area contributed by atoms with Crippen LogP contribution in [0.1, 0.15) is 16.3 Å². The Hall–Kier alpha value is -1.40. The van der Waals surface area contributed by atoms with Gasteiger partial charge in [0.05, 0.1) is 10.7 Å². The Balaban J connectivity index is 1.31. The molecule has 3 heterocycles. The van der Waals surface area contributed by atoms with E-state index in [0.717, 1.165) is 60.6 Å². The van der Waals surface area contributed by atoms with Gasteiger partial charge >= 0.3 is 0 Å². The highest BCUT2D eigenvalue weighted by molar-refractivity contribution is 7.09. The van der Waals surface area contributed by atoms with E-state index in [4.69, 9.17) is 16.3 Å². The Morgan fingerprint density at radius 1 is 1.16 bits per heavy atom. The van der Waals surface area contributed by atoms with Crippen molar-refractivity contribution in [1.29, 1.82) is 0 Å². The van der Waals surface area contributed by atoms with E-state index in [0.29, 0.717) is 6.61 Å². The molecule has 132 valence electrons. The van der Waals surface area contributed by atoms with Crippen LogP contribution in [0.4, 0.5) is 0 Å². The van der Waals surface area contributed by atoms with Crippen molar-refractivity contribution in [3.05, 3.63) is 50.4 Å². The van der Waals surface area contributed by atoms with Gasteiger partial charge in [0.1, 0.15) is 12.4 Å². The summed E-state index contributed by atoms with van der Waals surface area (Å²) in [5.74, 6) is 0.927. The third kappa shape index (κ3) is 4.23. The Bertz CT molecular complexity index is 781. The molecule has 4 rings (SSSR count). The van der Waals surface area contributed by atoms with Crippen molar-refractivity contribution in [2.75, 3.05) is 39.3 Å². The molecule has 0 atom stereocenters. The molecule has 0 radical (unpaired) electrons. The monoisotopic (exact) mass is 375 g/mol. The fraction of sp³-hybridized carbons (Fsp3) is 0.421. The number of aromatic nitrogens is 1. The first-order valence-corrected chi connectivity index (χ1v) is 9.89. The van der Waals surface area contributed by atoms with Crippen molar-refractivity contribution >= 4 is 29.0 Å². The number of thiazole rings is 1. The van der Waals surface area contributed by atoms with Crippen LogP contribution in [-0.4, -0.2) is 54.1 Å². The summed E-state index contributed by atoms with van der Waals surface area (Å²) in [5.41, 5.74) is 3.61. The number of fused-ring (bicyclic) bond motifs is 1. The predicted octanol–water partition coefficient (Wildman–Crippen LogP) is 3.70. The van der Waals surface area contributed by atoms with Gasteiger partial charge in [-0.15, -0.1) is 11.3 Å². The zero-order valence-corrected chi connectivity index (χ0v) is 15.9. The van der Waals surface area contributed by atoms with Crippen LogP contribution in [0.3, 0.4) is 0 Å². The molecule has 2 aliphatic rings. The van der Waals surface area contributed by atoms with Crippen molar-refractivity contribution in [1.82, 2.24) is 14.8 Å². The molecule has 25 heavy (non-hydrogen) atoms. The summed E-state index contributed by atoms with van der Waals surface area (Å²) in [4.78, 5) is 9.57. The van der Waals surface area contributed by atoms with Crippen LogP contribution in [0, 0.1) is 6.92 Å². The van der Waals surface area contributed by atoms with Gasteiger partial charge in [0, 0.05) is 55.2 Å². The molecule has 1 saturated heterocycles. The first-order valence-electron chi connectivity index (χ1n) is 8.63. The van der Waals surface area contributed by atoms with E-state index in [1.807, 2.05) is 18.2 Å². The van der Waals surface area contributed by atoms with Crippen LogP contribution in [0.15, 0.2) is 29.2 Å². The lowest BCUT2D eigenvalue weighted by molar-refractivity contribution is 0.131. The highest BCUT2D eigenvalue weighted by Gasteiger charge is 2.20. The molecule has 0 saturated carbocycles. The van der Waals surface area contributed by atoms with Gasteiger partial charge in [-0.2, -0.15) is 0 Å². The topological polar surface area (TPSA) is 28.6 Å². The van der Waals surface area contributed by atoms with E-state index >= 15 is 0 Å². The Labute approximate surface area is 157 Å². The van der Waals surface area contributed by atoms with Crippen molar-refractivity contribution < 1.29 is 4.74 Å². The molecular weight excluding hydrogens is 354 g/mol. The number of piperazine rings is 1. The van der Waals surface area contributed by atoms with Crippen LogP contribution in [0.25, 0.3) is 6.08 Å². The minimum Gasteiger partial charge on any atom is -0.489 e. The highest BCUT2D eigenvalue weighted by atomic mass is 35.5. The van der Waals surface area contributed by atoms with E-state index in [1.54, 1.807) is 11.3 Å². The summed E-state index contributed by atoms with van der Waals surface area (Å²) in [6.07, 6.45) is 2.23. The van der Waals surface area contributed by atoms with Crippen LogP contribution < -0.4 is 4.74 Å². The normalized spacial score (nSPS) is 18.6. The summed E-state index contributed by atoms with van der Waals surface area (Å²) < 4.78 is 5.86. The molecule has 0 bridgehead atoms. The minimum absolute atomic E-state index is 0.674. The molecular formula is C19H22ClN3OS. The molecule has 6 heteroatoms. The maximum absolute atomic E-state index is 6.10. The summed E-state index contributed by atoms with van der Waals surface area (Å²) in [7, 11) is 0. The molecule has 0 unspecified atom stereocenters. The summed E-state index contributed by atoms with van der Waals surface area (Å²) in [5, 5.41) is 4.08. The zero-order valence-electron chi connectivity index (χ0n) is 14.4. The average molecular weight is 376 g/mol. The molecule has 1 fully saturated rings. The molecule has 0 spiro atoms. The highest BCUT2D eigenvalue weighted by Crippen LogP contribution is 2.29. The van der Waals surface area contributed by atoms with E-state index < -0.39 is 0 Å². The Morgan fingerprint density at radius 3 is 2.64 bits per heavy atom. The summed E-state index contributed by atoms with van der Waals surface area (Å²) >= 11 is 7.83. The number of ether oxygens (including phenoxy) is 1. The molecule has 0 aliphatic carbocycles. The molecule has 2 aliphatic heterocycles. The van der Waals surface area contributed by atoms with Gasteiger partial charge in [0.25, 0.3) is 0 Å². The van der Waals surface area contributed by atoms with Crippen LogP contribution in [-0.2, 0) is 6.54 Å². The van der Waals surface area contributed by atoms with E-state index in [9.17, 15) is 0 Å². The fourth-order valence-electron chi connectivity index (χ4n) is 3.39. The molecule has 0 N–H and O–H groups in total. The standard InChI is InChI=1S/C19H22ClN3OS/c1-14-21-18(13-25-14)11-23-6-4-22(5-7-23)10-15-8-16-9-17(20)2-3-19(16)24-12-15/h2-3,8-9,13H,4-7,10-12H2,1H3. The predicted molar refractivity (Wildman–Crippen MR) is 103 cm³/mol. The van der Waals surface area contributed by atoms with E-state index in [1.165, 1.54) is 11.3 Å². The Morgan fingerprint density at radius 2 is 1.92 bits per heavy atom. The van der Waals surface area contributed by atoms with E-state index in [2.05, 4.69) is 33.2 Å². The van der Waals surface area contributed by atoms with Crippen LogP contribution in [0.5, 0.6) is 5.75 Å². The maximum atomic E-state index is 6.10. The minimum atomic E-state index is 0.674. The third-order valence-corrected chi connectivity index (χ3v) is 5.75. The van der Waals surface area contributed by atoms with Crippen LogP contribution in [0.2, 0.25) is 5.02 Å². The molecule has 0 amide bonds. The van der Waals surface area contributed by atoms with Gasteiger partial charge in [0.2, 0.25) is 0 Å². The van der Waals surface area contributed by atoms with Gasteiger partial charge in [-0.3, -0.25) is 9.80 Å². The van der Waals surface area contributed by atoms with Crippen LogP contribution >= 0.6 is 22.9 Å². The number of rotatable bonds is 4. The van der Waals surface area contributed by atoms with Gasteiger partial charge in [-0.25, -0.2) is 4.98 Å². The SMILES string of the molecule is Cc1nc(CN2CCN(CC3=Cc4cc(Cl)ccc4OC3)CC2)cs1. The second kappa shape index (κ2) is 7.46. The average Bonchev–Trinajstić information content (AvgIpc) is 3.01. The van der Waals surface area contributed by atoms with Gasteiger partial charge in [-0.05, 0) is 36.8 Å². The van der Waals surface area contributed by atoms with Crippen molar-refractivity contribution in [3.8, 4) is 5.75 Å². The quantitative estimate of drug-likeness (QED) is 0.814. The lowest BCUT2D eigenvalue weighted by Gasteiger charge is -2.35. The molecule has 4 nitrogen and oxygen atoms in total. The Kier molecular flexibility index (Phi) is 5.08. The second-order valence-corrected chi connectivity index (χ2v) is 8.18. The number of aryl methyl sites for hydroxylation is 1. The van der Waals surface area contributed by atoms with Crippen molar-refractivity contribution in [3.63, 3.8) is 0 Å². The van der Waals surface area contributed by atoms with Gasteiger partial charge in [-0.1, -0.05) is 11.6 Å². The van der Waals surface area contributed by atoms with Gasteiger partial charge in [0.15, 0.2) is 0 Å². The largest absolute Gasteiger partial charge is 0.489 e. The van der Waals surface area contributed by atoms with E-state index in [-0.39, 0.29) is 0 Å². The van der Waals surface area contributed by atoms with Crippen molar-refractivity contribution in [2.24, 2.45) is 0 Å². The number of halogens is 1. The molecule has 1 aromatic heterocycles. The second-order valence-electron chi connectivity index (χ2n) is 6.68. The maximum Gasteiger partial charge on any atom is 0.127 e. The lowest BCUT2D eigenvalue weighted by Crippen LogP contribution is -2.46. The third-order valence-electron chi connectivity index (χ3n) is 4.69. The number of hydrogen-bond acceptors (Lipinski definition) is 5. The first-order chi connectivity index (χ1) is 12.2. The smallest absolute Gasteiger partial charge is 0.127 e. The van der Waals surface area contributed by atoms with Crippen molar-refractivity contribution in [2.45, 2.75) is 13.5 Å². The van der Waals surface area contributed by atoms with Gasteiger partial charge < -0.3 is 4.74 Å². The lowest BCUT2D eigenvalue weighted by atomic mass is 10.1. The molecule has 2 aromatic rings. The first kappa shape index (κ1) is 17.0. The zero-order chi connectivity index (χ0) is 17.2. The fourth-order valence-corrected chi connectivity index (χ4v) is 4.17. The number of benzene rings is 1.